The van der Waals surface area contributed by atoms with Crippen molar-refractivity contribution in [3.8, 4) is 6.07 Å². The van der Waals surface area contributed by atoms with Crippen molar-refractivity contribution in [2.45, 2.75) is 31.8 Å². The molecule has 2 atom stereocenters. The Bertz CT molecular complexity index is 525. The number of nitrogens with two attached hydrogens (primary N) is 1. The first kappa shape index (κ1) is 14.3. The predicted octanol–water partition coefficient (Wildman–Crippen LogP) is 0.385. The quantitative estimate of drug-likeness (QED) is 0.827. The fourth-order valence-electron chi connectivity index (χ4n) is 2.30. The highest BCUT2D eigenvalue weighted by atomic mass is 16.2. The molecule has 1 aliphatic heterocycles. The largest absolute Gasteiger partial charge is 0.353 e. The molecule has 2 heterocycles. The van der Waals surface area contributed by atoms with Crippen LogP contribution in [0.1, 0.15) is 25.3 Å². The Balaban J connectivity index is 1.99. The topological polar surface area (TPSA) is 95.0 Å². The maximum atomic E-state index is 11.8. The Morgan fingerprint density at radius 1 is 1.75 bits per heavy atom. The smallest absolute Gasteiger partial charge is 0.237 e. The van der Waals surface area contributed by atoms with E-state index >= 15 is 0 Å². The van der Waals surface area contributed by atoms with Crippen molar-refractivity contribution in [1.82, 2.24) is 10.3 Å². The minimum Gasteiger partial charge on any atom is -0.353 e. The first-order valence-electron chi connectivity index (χ1n) is 6.81. The number of hydrogen-bond donors (Lipinski definition) is 2. The monoisotopic (exact) mass is 273 g/mol. The molecule has 0 aromatic carbocycles. The summed E-state index contributed by atoms with van der Waals surface area (Å²) in [7, 11) is 0. The molecule has 6 heteroatoms. The zero-order valence-electron chi connectivity index (χ0n) is 11.5. The van der Waals surface area contributed by atoms with E-state index in [1.165, 1.54) is 0 Å². The lowest BCUT2D eigenvalue weighted by atomic mass is 10.2. The van der Waals surface area contributed by atoms with Crippen LogP contribution in [0.2, 0.25) is 0 Å². The van der Waals surface area contributed by atoms with Gasteiger partial charge in [0, 0.05) is 25.3 Å². The van der Waals surface area contributed by atoms with E-state index < -0.39 is 6.04 Å². The third kappa shape index (κ3) is 3.06. The molecule has 20 heavy (non-hydrogen) atoms. The standard InChI is InChI=1S/C14H19N5O/c1-2-12(16)14(20)18-11-5-7-19(9-11)13-10(8-15)4-3-6-17-13/h3-4,6,11-12H,2,5,7,9,16H2,1H3,(H,18,20)/t11-,12-/m0/s1. The first-order valence-corrected chi connectivity index (χ1v) is 6.81. The average Bonchev–Trinajstić information content (AvgIpc) is 2.94. The average molecular weight is 273 g/mol. The zero-order valence-corrected chi connectivity index (χ0v) is 11.5. The molecule has 0 unspecified atom stereocenters. The van der Waals surface area contributed by atoms with Gasteiger partial charge in [-0.2, -0.15) is 5.26 Å². The van der Waals surface area contributed by atoms with Crippen LogP contribution in [0, 0.1) is 11.3 Å². The van der Waals surface area contributed by atoms with Gasteiger partial charge in [0.2, 0.25) is 5.91 Å². The second-order valence-electron chi connectivity index (χ2n) is 4.94. The van der Waals surface area contributed by atoms with Gasteiger partial charge in [-0.3, -0.25) is 4.79 Å². The fraction of sp³-hybridized carbons (Fsp3) is 0.500. The van der Waals surface area contributed by atoms with Crippen molar-refractivity contribution >= 4 is 11.7 Å². The van der Waals surface area contributed by atoms with Crippen LogP contribution < -0.4 is 16.0 Å². The third-order valence-corrected chi connectivity index (χ3v) is 3.52. The van der Waals surface area contributed by atoms with Crippen molar-refractivity contribution < 1.29 is 4.79 Å². The van der Waals surface area contributed by atoms with Gasteiger partial charge in [-0.15, -0.1) is 0 Å². The van der Waals surface area contributed by atoms with Crippen LogP contribution in [0.3, 0.4) is 0 Å². The minimum absolute atomic E-state index is 0.0636. The highest BCUT2D eigenvalue weighted by Crippen LogP contribution is 2.21. The van der Waals surface area contributed by atoms with Crippen LogP contribution in [0.15, 0.2) is 18.3 Å². The molecule has 0 radical (unpaired) electrons. The lowest BCUT2D eigenvalue weighted by Gasteiger charge is -2.19. The van der Waals surface area contributed by atoms with Crippen LogP contribution >= 0.6 is 0 Å². The number of anilines is 1. The first-order chi connectivity index (χ1) is 9.65. The van der Waals surface area contributed by atoms with Crippen LogP contribution in [-0.2, 0) is 4.79 Å². The molecule has 0 bridgehead atoms. The summed E-state index contributed by atoms with van der Waals surface area (Å²) in [4.78, 5) is 18.1. The molecule has 1 fully saturated rings. The molecule has 1 aromatic rings. The van der Waals surface area contributed by atoms with E-state index in [9.17, 15) is 4.79 Å². The van der Waals surface area contributed by atoms with Crippen molar-refractivity contribution in [3.63, 3.8) is 0 Å². The van der Waals surface area contributed by atoms with E-state index in [0.717, 1.165) is 13.0 Å². The van der Waals surface area contributed by atoms with E-state index in [1.807, 2.05) is 11.8 Å². The van der Waals surface area contributed by atoms with E-state index in [2.05, 4.69) is 16.4 Å². The number of aromatic nitrogens is 1. The number of amides is 1. The van der Waals surface area contributed by atoms with Gasteiger partial charge in [0.05, 0.1) is 11.6 Å². The Morgan fingerprint density at radius 3 is 3.25 bits per heavy atom. The second kappa shape index (κ2) is 6.35. The summed E-state index contributed by atoms with van der Waals surface area (Å²) in [6.07, 6.45) is 3.14. The number of pyridine rings is 1. The number of hydrogen-bond acceptors (Lipinski definition) is 5. The van der Waals surface area contributed by atoms with E-state index in [1.54, 1.807) is 18.3 Å². The number of nitrogens with one attached hydrogen (secondary N) is 1. The predicted molar refractivity (Wildman–Crippen MR) is 76.0 cm³/mol. The Kier molecular flexibility index (Phi) is 4.53. The Hall–Kier alpha value is -2.13. The molecule has 0 spiro atoms. The summed E-state index contributed by atoms with van der Waals surface area (Å²) >= 11 is 0. The molecule has 1 amide bonds. The number of carbonyl (C=O) groups excluding carboxylic acids is 1. The summed E-state index contributed by atoms with van der Waals surface area (Å²) in [5.74, 6) is 0.576. The van der Waals surface area contributed by atoms with Gasteiger partial charge < -0.3 is 16.0 Å². The van der Waals surface area contributed by atoms with Gasteiger partial charge >= 0.3 is 0 Å². The second-order valence-corrected chi connectivity index (χ2v) is 4.94. The Labute approximate surface area is 118 Å². The number of nitrogens with zero attached hydrogens (tertiary/aromatic N) is 3. The Morgan fingerprint density at radius 2 is 2.55 bits per heavy atom. The van der Waals surface area contributed by atoms with Crippen molar-refractivity contribution in [2.75, 3.05) is 18.0 Å². The van der Waals surface area contributed by atoms with E-state index in [0.29, 0.717) is 24.3 Å². The molecule has 1 aliphatic rings. The van der Waals surface area contributed by atoms with Crippen LogP contribution in [0.4, 0.5) is 5.82 Å². The lowest BCUT2D eigenvalue weighted by molar-refractivity contribution is -0.123. The summed E-state index contributed by atoms with van der Waals surface area (Å²) in [6, 6.07) is 5.26. The summed E-state index contributed by atoms with van der Waals surface area (Å²) in [6.45, 7) is 3.32. The van der Waals surface area contributed by atoms with E-state index in [-0.39, 0.29) is 11.9 Å². The normalized spacial score (nSPS) is 19.4. The number of rotatable bonds is 4. The van der Waals surface area contributed by atoms with Crippen LogP contribution in [0.5, 0.6) is 0 Å². The molecule has 1 saturated heterocycles. The molecule has 1 aromatic heterocycles. The number of carbonyl (C=O) groups is 1. The van der Waals surface area contributed by atoms with Gasteiger partial charge in [-0.05, 0) is 25.0 Å². The fourth-order valence-corrected chi connectivity index (χ4v) is 2.30. The maximum Gasteiger partial charge on any atom is 0.237 e. The molecule has 106 valence electrons. The van der Waals surface area contributed by atoms with Gasteiger partial charge in [0.15, 0.2) is 0 Å². The van der Waals surface area contributed by atoms with Gasteiger partial charge in [0.1, 0.15) is 11.9 Å². The van der Waals surface area contributed by atoms with Crippen molar-refractivity contribution in [2.24, 2.45) is 5.73 Å². The summed E-state index contributed by atoms with van der Waals surface area (Å²) in [5.41, 5.74) is 6.26. The third-order valence-electron chi connectivity index (χ3n) is 3.52. The van der Waals surface area contributed by atoms with E-state index in [4.69, 9.17) is 11.0 Å². The van der Waals surface area contributed by atoms with Gasteiger partial charge in [0.25, 0.3) is 0 Å². The van der Waals surface area contributed by atoms with Crippen LogP contribution in [0.25, 0.3) is 0 Å². The number of nitriles is 1. The minimum atomic E-state index is -0.450. The molecule has 0 aliphatic carbocycles. The SMILES string of the molecule is CC[C@H](N)C(=O)N[C@H]1CCN(c2ncccc2C#N)C1. The van der Waals surface area contributed by atoms with Crippen molar-refractivity contribution in [1.29, 1.82) is 5.26 Å². The molecular formula is C14H19N5O. The van der Waals surface area contributed by atoms with Gasteiger partial charge in [-0.1, -0.05) is 6.92 Å². The molecule has 6 nitrogen and oxygen atoms in total. The molecule has 3 N–H and O–H groups in total. The molecule has 0 saturated carbocycles. The molecular weight excluding hydrogens is 254 g/mol. The van der Waals surface area contributed by atoms with Gasteiger partial charge in [-0.25, -0.2) is 4.98 Å². The highest BCUT2D eigenvalue weighted by Gasteiger charge is 2.27. The maximum absolute atomic E-state index is 11.8. The lowest BCUT2D eigenvalue weighted by Crippen LogP contribution is -2.46. The highest BCUT2D eigenvalue weighted by molar-refractivity contribution is 5.81. The van der Waals surface area contributed by atoms with Crippen LogP contribution in [-0.4, -0.2) is 36.1 Å². The summed E-state index contributed by atoms with van der Waals surface area (Å²) in [5, 5.41) is 12.0. The zero-order chi connectivity index (χ0) is 14.5. The van der Waals surface area contributed by atoms with Crippen molar-refractivity contribution in [3.05, 3.63) is 23.9 Å². The summed E-state index contributed by atoms with van der Waals surface area (Å²) < 4.78 is 0. The molecule has 2 rings (SSSR count).